The largest absolute Gasteiger partial charge is 0.368 e. The van der Waals surface area contributed by atoms with E-state index in [0.29, 0.717) is 5.91 Å². The average molecular weight is 587 g/mol. The second-order valence-corrected chi connectivity index (χ2v) is 11.9. The van der Waals surface area contributed by atoms with Crippen LogP contribution in [0.3, 0.4) is 0 Å². The quantitative estimate of drug-likeness (QED) is 0.289. The molecule has 0 radical (unpaired) electrons. The van der Waals surface area contributed by atoms with Gasteiger partial charge in [0.15, 0.2) is 0 Å². The number of hydrogen-bond acceptors (Lipinski definition) is 4. The molecule has 2 aliphatic heterocycles. The van der Waals surface area contributed by atoms with E-state index in [2.05, 4.69) is 104 Å². The molecule has 4 aromatic rings. The Balaban J connectivity index is 1.14. The van der Waals surface area contributed by atoms with Crippen molar-refractivity contribution < 1.29 is 4.79 Å². The first kappa shape index (κ1) is 26.1. The lowest BCUT2D eigenvalue weighted by Gasteiger charge is -2.39. The number of anilines is 1. The van der Waals surface area contributed by atoms with E-state index in [4.69, 9.17) is 4.98 Å². The molecule has 6 rings (SSSR count). The number of hydrogen-bond donors (Lipinski definition) is 0. The molecule has 202 valence electrons. The molecule has 0 saturated carbocycles. The third kappa shape index (κ3) is 5.48. The summed E-state index contributed by atoms with van der Waals surface area (Å²) in [4.78, 5) is 25.6. The number of fused-ring (bicyclic) bond motifs is 1. The van der Waals surface area contributed by atoms with Crippen LogP contribution in [0.5, 0.6) is 0 Å². The van der Waals surface area contributed by atoms with Crippen LogP contribution in [-0.2, 0) is 11.3 Å². The maximum atomic E-state index is 13.6. The summed E-state index contributed by atoms with van der Waals surface area (Å²) >= 11 is 3.63. The van der Waals surface area contributed by atoms with Crippen molar-refractivity contribution in [3.05, 3.63) is 88.2 Å². The average Bonchev–Trinajstić information content (AvgIpc) is 3.32. The number of carbonyl (C=O) groups excluding carboxylic acids is 1. The molecule has 0 bridgehead atoms. The molecule has 0 spiro atoms. The number of piperidine rings is 1. The molecular formula is C32H36BrN5O. The van der Waals surface area contributed by atoms with E-state index in [1.165, 1.54) is 16.8 Å². The van der Waals surface area contributed by atoms with Crippen molar-refractivity contribution in [3.63, 3.8) is 0 Å². The zero-order chi connectivity index (χ0) is 26.9. The Kier molecular flexibility index (Phi) is 7.45. The third-order valence-corrected chi connectivity index (χ3v) is 8.86. The summed E-state index contributed by atoms with van der Waals surface area (Å²) in [6.07, 6.45) is 2.00. The Morgan fingerprint density at radius 2 is 1.72 bits per heavy atom. The first-order valence-corrected chi connectivity index (χ1v) is 14.8. The molecule has 3 aromatic carbocycles. The number of imidazole rings is 1. The predicted octanol–water partition coefficient (Wildman–Crippen LogP) is 5.97. The van der Waals surface area contributed by atoms with Crippen molar-refractivity contribution >= 4 is 38.6 Å². The van der Waals surface area contributed by atoms with Crippen LogP contribution in [0.4, 0.5) is 5.69 Å². The fourth-order valence-electron chi connectivity index (χ4n) is 6.05. The van der Waals surface area contributed by atoms with Gasteiger partial charge in [-0.3, -0.25) is 14.3 Å². The van der Waals surface area contributed by atoms with Gasteiger partial charge >= 0.3 is 0 Å². The number of amides is 1. The summed E-state index contributed by atoms with van der Waals surface area (Å²) in [5.41, 5.74) is 7.11. The molecule has 6 nitrogen and oxygen atoms in total. The van der Waals surface area contributed by atoms with E-state index >= 15 is 0 Å². The normalized spacial score (nSPS) is 18.6. The lowest BCUT2D eigenvalue weighted by atomic mass is 9.96. The van der Waals surface area contributed by atoms with Crippen molar-refractivity contribution in [1.82, 2.24) is 19.4 Å². The van der Waals surface area contributed by atoms with E-state index in [9.17, 15) is 4.79 Å². The van der Waals surface area contributed by atoms with Crippen molar-refractivity contribution in [2.45, 2.75) is 33.2 Å². The van der Waals surface area contributed by atoms with Crippen LogP contribution in [0, 0.1) is 19.8 Å². The van der Waals surface area contributed by atoms with Crippen molar-refractivity contribution in [2.75, 3.05) is 44.2 Å². The van der Waals surface area contributed by atoms with E-state index in [0.717, 1.165) is 85.7 Å². The van der Waals surface area contributed by atoms with Gasteiger partial charge in [-0.05, 0) is 86.8 Å². The molecule has 1 amide bonds. The lowest BCUT2D eigenvalue weighted by molar-refractivity contribution is -0.137. The summed E-state index contributed by atoms with van der Waals surface area (Å²) in [5, 5.41) is 0. The topological polar surface area (TPSA) is 44.6 Å². The van der Waals surface area contributed by atoms with Crippen LogP contribution in [-0.4, -0.2) is 64.5 Å². The molecule has 1 atom stereocenters. The van der Waals surface area contributed by atoms with Crippen LogP contribution >= 0.6 is 15.9 Å². The second-order valence-electron chi connectivity index (χ2n) is 11.0. The maximum Gasteiger partial charge on any atom is 0.227 e. The minimum Gasteiger partial charge on any atom is -0.368 e. The van der Waals surface area contributed by atoms with Crippen LogP contribution in [0.15, 0.2) is 71.2 Å². The Hall–Kier alpha value is -3.16. The number of piperazine rings is 1. The number of aromatic nitrogens is 2. The Morgan fingerprint density at radius 1 is 0.897 bits per heavy atom. The van der Waals surface area contributed by atoms with Crippen molar-refractivity contribution in [2.24, 2.45) is 5.92 Å². The number of halogens is 1. The first-order chi connectivity index (χ1) is 19.0. The highest BCUT2D eigenvalue weighted by Gasteiger charge is 2.32. The van der Waals surface area contributed by atoms with Gasteiger partial charge in [0.25, 0.3) is 0 Å². The molecule has 2 fully saturated rings. The minimum atomic E-state index is 0.0515. The summed E-state index contributed by atoms with van der Waals surface area (Å²) in [6.45, 7) is 10.2. The summed E-state index contributed by atoms with van der Waals surface area (Å²) in [5.74, 6) is 1.39. The standard InChI is InChI=1S/C32H36BrN5O/c1-23-12-13-27(19-24(23)2)36-15-17-37(18-16-36)32(39)25-7-6-14-35(21-25)22-31-34-29-10-3-4-11-30(29)38(31)28-9-5-8-26(33)20-28/h3-5,8-13,19-20,25H,6-7,14-18,21-22H2,1-2H3/t25-/m0/s1. The van der Waals surface area contributed by atoms with Crippen LogP contribution in [0.1, 0.15) is 29.8 Å². The van der Waals surface area contributed by atoms with Gasteiger partial charge in [-0.15, -0.1) is 0 Å². The highest BCUT2D eigenvalue weighted by atomic mass is 79.9. The number of para-hydroxylation sites is 2. The summed E-state index contributed by atoms with van der Waals surface area (Å²) in [6, 6.07) is 23.4. The smallest absolute Gasteiger partial charge is 0.227 e. The fourth-order valence-corrected chi connectivity index (χ4v) is 6.44. The Bertz CT molecular complexity index is 1490. The minimum absolute atomic E-state index is 0.0515. The molecule has 0 unspecified atom stereocenters. The molecule has 0 N–H and O–H groups in total. The number of benzene rings is 3. The molecular weight excluding hydrogens is 550 g/mol. The molecule has 1 aromatic heterocycles. The van der Waals surface area contributed by atoms with Gasteiger partial charge in [0.2, 0.25) is 5.91 Å². The zero-order valence-corrected chi connectivity index (χ0v) is 24.4. The number of nitrogens with zero attached hydrogens (tertiary/aromatic N) is 5. The maximum absolute atomic E-state index is 13.6. The van der Waals surface area contributed by atoms with E-state index in [1.807, 2.05) is 12.1 Å². The monoisotopic (exact) mass is 585 g/mol. The fraction of sp³-hybridized carbons (Fsp3) is 0.375. The number of aryl methyl sites for hydroxylation is 2. The SMILES string of the molecule is Cc1ccc(N2CCN(C(=O)[C@H]3CCCN(Cc4nc5ccccc5n4-c4cccc(Br)c4)C3)CC2)cc1C. The molecule has 0 aliphatic carbocycles. The Morgan fingerprint density at radius 3 is 2.51 bits per heavy atom. The third-order valence-electron chi connectivity index (χ3n) is 8.36. The highest BCUT2D eigenvalue weighted by Crippen LogP contribution is 2.27. The van der Waals surface area contributed by atoms with Gasteiger partial charge < -0.3 is 9.80 Å². The van der Waals surface area contributed by atoms with Crippen LogP contribution in [0.2, 0.25) is 0 Å². The summed E-state index contributed by atoms with van der Waals surface area (Å²) < 4.78 is 3.31. The number of carbonyl (C=O) groups is 1. The highest BCUT2D eigenvalue weighted by molar-refractivity contribution is 9.10. The van der Waals surface area contributed by atoms with Gasteiger partial charge in [0.05, 0.1) is 23.5 Å². The first-order valence-electron chi connectivity index (χ1n) is 14.0. The van der Waals surface area contributed by atoms with Gasteiger partial charge in [-0.1, -0.05) is 40.2 Å². The van der Waals surface area contributed by atoms with Crippen LogP contribution < -0.4 is 4.90 Å². The van der Waals surface area contributed by atoms with Gasteiger partial charge in [0, 0.05) is 48.6 Å². The number of rotatable bonds is 5. The van der Waals surface area contributed by atoms with E-state index in [-0.39, 0.29) is 5.92 Å². The van der Waals surface area contributed by atoms with E-state index < -0.39 is 0 Å². The molecule has 7 heteroatoms. The molecule has 2 aliphatic rings. The zero-order valence-electron chi connectivity index (χ0n) is 22.8. The van der Waals surface area contributed by atoms with E-state index in [1.54, 1.807) is 0 Å². The molecule has 39 heavy (non-hydrogen) atoms. The summed E-state index contributed by atoms with van der Waals surface area (Å²) in [7, 11) is 0. The molecule has 3 heterocycles. The number of likely N-dealkylation sites (tertiary alicyclic amines) is 1. The van der Waals surface area contributed by atoms with Gasteiger partial charge in [0.1, 0.15) is 5.82 Å². The Labute approximate surface area is 239 Å². The molecule has 2 saturated heterocycles. The van der Waals surface area contributed by atoms with Crippen molar-refractivity contribution in [3.8, 4) is 5.69 Å². The van der Waals surface area contributed by atoms with Gasteiger partial charge in [-0.25, -0.2) is 4.98 Å². The lowest BCUT2D eigenvalue weighted by Crippen LogP contribution is -2.52. The van der Waals surface area contributed by atoms with Crippen LogP contribution in [0.25, 0.3) is 16.7 Å². The predicted molar refractivity (Wildman–Crippen MR) is 161 cm³/mol. The second kappa shape index (κ2) is 11.1. The van der Waals surface area contributed by atoms with Gasteiger partial charge in [-0.2, -0.15) is 0 Å². The van der Waals surface area contributed by atoms with Crippen molar-refractivity contribution in [1.29, 1.82) is 0 Å².